The van der Waals surface area contributed by atoms with Gasteiger partial charge in [0.1, 0.15) is 31.6 Å². The molecule has 1 aliphatic rings. The maximum Gasteiger partial charge on any atom is 0.377 e. The molecule has 0 radical (unpaired) electrons. The average Bonchev–Trinajstić information content (AvgIpc) is 3.09. The van der Waals surface area contributed by atoms with E-state index in [2.05, 4.69) is 61.6 Å². The molecule has 0 heterocycles. The second kappa shape index (κ2) is 29.8. The van der Waals surface area contributed by atoms with Crippen molar-refractivity contribution in [1.82, 2.24) is 0 Å². The van der Waals surface area contributed by atoms with Crippen molar-refractivity contribution in [3.05, 3.63) is 96.6 Å². The summed E-state index contributed by atoms with van der Waals surface area (Å²) in [4.78, 5) is 47.4. The van der Waals surface area contributed by atoms with Crippen LogP contribution < -0.4 is 4.89 Å². The van der Waals surface area contributed by atoms with Crippen LogP contribution in [0.1, 0.15) is 84.0 Å². The van der Waals surface area contributed by atoms with Crippen LogP contribution in [0.3, 0.4) is 0 Å². The van der Waals surface area contributed by atoms with Gasteiger partial charge in [-0.05, 0) is 63.9 Å². The van der Waals surface area contributed by atoms with Gasteiger partial charge in [-0.3, -0.25) is 9.59 Å². The van der Waals surface area contributed by atoms with Crippen LogP contribution >= 0.6 is 8.17 Å². The van der Waals surface area contributed by atoms with Gasteiger partial charge in [0.2, 0.25) is 0 Å². The number of nitrogens with zero attached hydrogens (tertiary/aromatic N) is 1. The third-order valence-electron chi connectivity index (χ3n) is 7.52. The Morgan fingerprint density at radius 3 is 1.96 bits per heavy atom. The monoisotopic (exact) mass is 794 g/mol. The van der Waals surface area contributed by atoms with Crippen molar-refractivity contribution in [2.75, 3.05) is 47.5 Å². The number of aliphatic hydroxyl groups is 3. The number of hydrogen-bond acceptors (Lipinski definition) is 12. The van der Waals surface area contributed by atoms with Gasteiger partial charge < -0.3 is 38.9 Å². The summed E-state index contributed by atoms with van der Waals surface area (Å²) in [6.07, 6.45) is 30.5. The summed E-state index contributed by atoms with van der Waals surface area (Å²) >= 11 is 0. The molecule has 0 saturated carbocycles. The lowest BCUT2D eigenvalue weighted by Crippen LogP contribution is -2.38. The highest BCUT2D eigenvalue weighted by molar-refractivity contribution is 7.52. The summed E-state index contributed by atoms with van der Waals surface area (Å²) in [6, 6.07) is 0. The first-order valence-electron chi connectivity index (χ1n) is 19.0. The van der Waals surface area contributed by atoms with Crippen LogP contribution in [0.15, 0.2) is 96.6 Å². The largest absolute Gasteiger partial charge is 0.606 e. The number of esters is 2. The number of aliphatic hydroxyl groups excluding tert-OH is 3. The number of hydrogen-bond donors (Lipinski definition) is 4. The fourth-order valence-electron chi connectivity index (χ4n) is 4.61. The van der Waals surface area contributed by atoms with Crippen LogP contribution in [0.5, 0.6) is 0 Å². The van der Waals surface area contributed by atoms with E-state index >= 15 is 0 Å². The molecular formula is C41H65NO12P+. The fourth-order valence-corrected chi connectivity index (χ4v) is 5.35. The van der Waals surface area contributed by atoms with E-state index in [-0.39, 0.29) is 56.8 Å². The summed E-state index contributed by atoms with van der Waals surface area (Å²) in [5, 5.41) is 29.5. The average molecular weight is 795 g/mol. The van der Waals surface area contributed by atoms with Crippen LogP contribution in [0.2, 0.25) is 0 Å². The Morgan fingerprint density at radius 2 is 1.42 bits per heavy atom. The maximum absolute atomic E-state index is 12.6. The molecule has 4 N–H and O–H groups in total. The number of phosphoric acid groups is 1. The van der Waals surface area contributed by atoms with Crippen molar-refractivity contribution >= 4 is 20.1 Å². The summed E-state index contributed by atoms with van der Waals surface area (Å²) in [6.45, 7) is 1.66. The van der Waals surface area contributed by atoms with Gasteiger partial charge >= 0.3 is 20.1 Å². The predicted molar refractivity (Wildman–Crippen MR) is 213 cm³/mol. The van der Waals surface area contributed by atoms with Gasteiger partial charge in [0.25, 0.3) is 0 Å². The number of quaternary nitrogens is 1. The Labute approximate surface area is 328 Å². The lowest BCUT2D eigenvalue weighted by Gasteiger charge is -2.26. The first-order chi connectivity index (χ1) is 26.2. The topological polar surface area (TPSA) is 184 Å². The highest BCUT2D eigenvalue weighted by atomic mass is 31.2. The predicted octanol–water partition coefficient (Wildman–Crippen LogP) is 6.85. The quantitative estimate of drug-likeness (QED) is 0.0195. The van der Waals surface area contributed by atoms with Gasteiger partial charge in [0, 0.05) is 25.3 Å². The van der Waals surface area contributed by atoms with Gasteiger partial charge in [-0.15, -0.1) is 0 Å². The van der Waals surface area contributed by atoms with E-state index in [1.165, 1.54) is 12.2 Å². The first-order valence-corrected chi connectivity index (χ1v) is 20.5. The molecule has 0 saturated heterocycles. The molecule has 4 atom stereocenters. The van der Waals surface area contributed by atoms with E-state index in [1.54, 1.807) is 0 Å². The van der Waals surface area contributed by atoms with E-state index in [9.17, 15) is 34.7 Å². The van der Waals surface area contributed by atoms with E-state index in [0.717, 1.165) is 32.1 Å². The molecule has 310 valence electrons. The van der Waals surface area contributed by atoms with E-state index < -0.39 is 45.2 Å². The SMILES string of the molecule is CC/C=C\C/C=C\C/C=C\C/C=C\C/C=C\C/C=C\CCC(=O)O[C@H](CO[C@@H](O)CCCC(=O)OC1C=C(O)C=C(O)C1)CO[P+]([O-])(O)OCC[N+](C)(C)C. The second-order valence-electron chi connectivity index (χ2n) is 13.8. The van der Waals surface area contributed by atoms with Crippen molar-refractivity contribution in [2.24, 2.45) is 0 Å². The lowest BCUT2D eigenvalue weighted by atomic mass is 10.1. The number of likely N-dealkylation sites (N-methyl/N-ethyl adjacent to an activating group) is 1. The smallest absolute Gasteiger partial charge is 0.377 e. The molecule has 1 aliphatic carbocycles. The minimum Gasteiger partial charge on any atom is -0.606 e. The molecule has 0 fully saturated rings. The Kier molecular flexibility index (Phi) is 26.9. The van der Waals surface area contributed by atoms with Crippen molar-refractivity contribution in [3.8, 4) is 0 Å². The van der Waals surface area contributed by atoms with Gasteiger partial charge in [-0.1, -0.05) is 79.8 Å². The van der Waals surface area contributed by atoms with Crippen LogP contribution in [0, 0.1) is 0 Å². The highest BCUT2D eigenvalue weighted by Gasteiger charge is 2.31. The Morgan fingerprint density at radius 1 is 0.855 bits per heavy atom. The molecule has 0 spiro atoms. The molecule has 0 aromatic heterocycles. The van der Waals surface area contributed by atoms with Crippen molar-refractivity contribution in [2.45, 2.75) is 102 Å². The maximum atomic E-state index is 12.6. The van der Waals surface area contributed by atoms with Crippen molar-refractivity contribution in [3.63, 3.8) is 0 Å². The first kappa shape index (κ1) is 49.6. The second-order valence-corrected chi connectivity index (χ2v) is 15.3. The zero-order valence-corrected chi connectivity index (χ0v) is 34.0. The number of carbonyl (C=O) groups is 2. The van der Waals surface area contributed by atoms with Gasteiger partial charge in [0.15, 0.2) is 12.4 Å². The zero-order valence-electron chi connectivity index (χ0n) is 33.1. The molecule has 0 aromatic carbocycles. The standard InChI is InChI=1S/C41H64NO12P/c1-5-6-7-8-9-10-11-12-13-14-15-16-17-18-19-20-21-22-23-25-40(46)54-38(34-52-55(48,49)51-29-28-42(2,3)4)33-50-39(45)26-24-27-41(47)53-37-31-35(43)30-36(44)32-37/h6-7,9-10,12-13,15-16,18-19,21-22,30-31,37-39,45H,5,8,11,14,17,20,23-29,32-34H2,1-4H3,(H2-,43,44,48,49)/p+1/b7-6-,10-9-,13-12-,16-15-,19-18-,22-21-/t37?,38-,39-/m1/s1. The van der Waals surface area contributed by atoms with Crippen LogP contribution in [0.4, 0.5) is 0 Å². The molecule has 0 aromatic rings. The van der Waals surface area contributed by atoms with Gasteiger partial charge in [0.05, 0.1) is 33.5 Å². The minimum absolute atomic E-state index is 0.0306. The Hall–Kier alpha value is -3.39. The summed E-state index contributed by atoms with van der Waals surface area (Å²) in [5.74, 6) is -1.49. The molecule has 0 aliphatic heterocycles. The van der Waals surface area contributed by atoms with Crippen molar-refractivity contribution < 1.29 is 62.4 Å². The normalized spacial score (nSPS) is 17.8. The third kappa shape index (κ3) is 30.5. The minimum atomic E-state index is -4.47. The van der Waals surface area contributed by atoms with Crippen molar-refractivity contribution in [1.29, 1.82) is 0 Å². The Balaban J connectivity index is 2.46. The third-order valence-corrected chi connectivity index (χ3v) is 8.50. The lowest BCUT2D eigenvalue weighted by molar-refractivity contribution is -0.870. The number of carbonyl (C=O) groups excluding carboxylic acids is 2. The number of rotatable bonds is 30. The summed E-state index contributed by atoms with van der Waals surface area (Å²) < 4.78 is 26.7. The zero-order chi connectivity index (χ0) is 40.8. The molecule has 13 nitrogen and oxygen atoms in total. The molecule has 2 unspecified atom stereocenters. The number of allylic oxidation sites excluding steroid dienone is 13. The number of phosphoric ester groups is 1. The molecule has 0 amide bonds. The van der Waals surface area contributed by atoms with E-state index in [4.69, 9.17) is 23.3 Å². The van der Waals surface area contributed by atoms with Crippen LogP contribution in [-0.2, 0) is 32.8 Å². The highest BCUT2D eigenvalue weighted by Crippen LogP contribution is 2.47. The van der Waals surface area contributed by atoms with Crippen LogP contribution in [-0.4, -0.2) is 103 Å². The summed E-state index contributed by atoms with van der Waals surface area (Å²) in [7, 11) is 1.23. The summed E-state index contributed by atoms with van der Waals surface area (Å²) in [5.41, 5.74) is 0. The molecular weight excluding hydrogens is 729 g/mol. The van der Waals surface area contributed by atoms with E-state index in [0.29, 0.717) is 23.9 Å². The van der Waals surface area contributed by atoms with Gasteiger partial charge in [-0.2, -0.15) is 13.9 Å². The molecule has 1 rings (SSSR count). The Bertz CT molecular complexity index is 1330. The van der Waals surface area contributed by atoms with E-state index in [1.807, 2.05) is 39.4 Å². The molecule has 0 bridgehead atoms. The molecule has 55 heavy (non-hydrogen) atoms. The van der Waals surface area contributed by atoms with Crippen LogP contribution in [0.25, 0.3) is 0 Å². The fraction of sp³-hybridized carbons (Fsp3) is 0.561. The number of ether oxygens (including phenoxy) is 3. The van der Waals surface area contributed by atoms with Gasteiger partial charge in [-0.25, -0.2) is 0 Å². The molecule has 14 heteroatoms.